The van der Waals surface area contributed by atoms with E-state index in [-0.39, 0.29) is 24.3 Å². The summed E-state index contributed by atoms with van der Waals surface area (Å²) in [4.78, 5) is 27.3. The number of aromatic nitrogens is 1. The summed E-state index contributed by atoms with van der Waals surface area (Å²) in [5.74, 6) is 0.920. The van der Waals surface area contributed by atoms with Crippen molar-refractivity contribution in [3.63, 3.8) is 0 Å². The summed E-state index contributed by atoms with van der Waals surface area (Å²) in [6, 6.07) is 12.0. The highest BCUT2D eigenvalue weighted by molar-refractivity contribution is 6.11. The van der Waals surface area contributed by atoms with Crippen molar-refractivity contribution in [1.82, 2.24) is 9.47 Å². The molecule has 0 radical (unpaired) electrons. The molecule has 2 amide bonds. The first-order chi connectivity index (χ1) is 16.8. The summed E-state index contributed by atoms with van der Waals surface area (Å²) in [5, 5.41) is 4.63. The Morgan fingerprint density at radius 3 is 2.60 bits per heavy atom. The number of methoxy groups -OCH3 is 2. The number of hydrogen-bond acceptors (Lipinski definition) is 5. The van der Waals surface area contributed by atoms with Gasteiger partial charge in [0.15, 0.2) is 11.5 Å². The first-order valence-corrected chi connectivity index (χ1v) is 12.0. The summed E-state index contributed by atoms with van der Waals surface area (Å²) >= 11 is 0. The van der Waals surface area contributed by atoms with Gasteiger partial charge in [-0.3, -0.25) is 14.5 Å². The third-order valence-electron chi connectivity index (χ3n) is 7.01. The van der Waals surface area contributed by atoms with Crippen LogP contribution in [0.4, 0.5) is 5.69 Å². The second-order valence-corrected chi connectivity index (χ2v) is 9.64. The molecule has 0 unspecified atom stereocenters. The Bertz CT molecular complexity index is 1370. The predicted molar refractivity (Wildman–Crippen MR) is 136 cm³/mol. The molecule has 2 aliphatic rings. The van der Waals surface area contributed by atoms with Gasteiger partial charge in [-0.05, 0) is 47.7 Å². The number of imide groups is 1. The van der Waals surface area contributed by atoms with Gasteiger partial charge in [-0.2, -0.15) is 0 Å². The summed E-state index contributed by atoms with van der Waals surface area (Å²) in [6.07, 6.45) is 3.23. The van der Waals surface area contributed by atoms with Gasteiger partial charge in [-0.25, -0.2) is 0 Å². The second kappa shape index (κ2) is 8.80. The quantitative estimate of drug-likeness (QED) is 0.551. The molecular weight excluding hydrogens is 442 g/mol. The van der Waals surface area contributed by atoms with E-state index in [1.807, 2.05) is 30.3 Å². The third-order valence-corrected chi connectivity index (χ3v) is 7.01. The van der Waals surface area contributed by atoms with Crippen LogP contribution in [0.3, 0.4) is 0 Å². The standard InChI is InChI=1S/C28H31N3O4/c1-16(2)11-12-30-14-19-25(18-9-10-23(34-4)24(13-18)35-5)27-21(15-31(17(3)32)28(27)33)29-20-7-6-8-22(30)26(19)20/h6-10,13-14,16,25,29H,11-12,15H2,1-5H3/t25-/m1/s1. The molecule has 3 aromatic rings. The van der Waals surface area contributed by atoms with E-state index in [4.69, 9.17) is 9.47 Å². The lowest BCUT2D eigenvalue weighted by molar-refractivity contribution is -0.139. The number of anilines is 1. The maximum Gasteiger partial charge on any atom is 0.259 e. The molecule has 0 spiro atoms. The fourth-order valence-electron chi connectivity index (χ4n) is 5.24. The molecule has 5 rings (SSSR count). The smallest absolute Gasteiger partial charge is 0.259 e. The molecule has 0 bridgehead atoms. The van der Waals surface area contributed by atoms with E-state index in [1.54, 1.807) is 14.2 Å². The zero-order valence-electron chi connectivity index (χ0n) is 20.8. The van der Waals surface area contributed by atoms with Crippen LogP contribution >= 0.6 is 0 Å². The number of carbonyl (C=O) groups excluding carboxylic acids is 2. The van der Waals surface area contributed by atoms with Crippen LogP contribution in [-0.4, -0.2) is 42.0 Å². The molecule has 0 fully saturated rings. The topological polar surface area (TPSA) is 72.8 Å². The van der Waals surface area contributed by atoms with Crippen LogP contribution in [0.15, 0.2) is 53.9 Å². The number of nitrogens with one attached hydrogen (secondary N) is 1. The van der Waals surface area contributed by atoms with Crippen LogP contribution in [0.5, 0.6) is 11.5 Å². The van der Waals surface area contributed by atoms with Crippen molar-refractivity contribution in [1.29, 1.82) is 0 Å². The first kappa shape index (κ1) is 23.0. The second-order valence-electron chi connectivity index (χ2n) is 9.64. The van der Waals surface area contributed by atoms with Crippen molar-refractivity contribution in [2.75, 3.05) is 26.1 Å². The van der Waals surface area contributed by atoms with Gasteiger partial charge in [0.2, 0.25) is 5.91 Å². The highest BCUT2D eigenvalue weighted by atomic mass is 16.5. The summed E-state index contributed by atoms with van der Waals surface area (Å²) in [5.41, 5.74) is 5.41. The average Bonchev–Trinajstić information content (AvgIpc) is 3.32. The van der Waals surface area contributed by atoms with E-state index in [0.717, 1.165) is 46.4 Å². The average molecular weight is 474 g/mol. The lowest BCUT2D eigenvalue weighted by Crippen LogP contribution is -2.33. The van der Waals surface area contributed by atoms with Crippen LogP contribution in [0.2, 0.25) is 0 Å². The molecule has 35 heavy (non-hydrogen) atoms. The summed E-state index contributed by atoms with van der Waals surface area (Å²) in [7, 11) is 3.21. The van der Waals surface area contributed by atoms with Gasteiger partial charge in [0.05, 0.1) is 31.9 Å². The van der Waals surface area contributed by atoms with Crippen molar-refractivity contribution in [2.24, 2.45) is 5.92 Å². The Hall–Kier alpha value is -3.74. The minimum Gasteiger partial charge on any atom is -0.493 e. The molecule has 7 nitrogen and oxygen atoms in total. The van der Waals surface area contributed by atoms with Gasteiger partial charge in [0.25, 0.3) is 5.91 Å². The SMILES string of the molecule is COc1ccc([C@H]2C3=C(CN(C(C)=O)C3=O)Nc3cccc4c3c2cn4CCC(C)C)cc1OC. The Labute approximate surface area is 205 Å². The van der Waals surface area contributed by atoms with Crippen LogP contribution in [0, 0.1) is 5.92 Å². The fraction of sp³-hybridized carbons (Fsp3) is 0.357. The molecule has 1 aromatic heterocycles. The number of amides is 2. The van der Waals surface area contributed by atoms with E-state index >= 15 is 0 Å². The van der Waals surface area contributed by atoms with E-state index in [1.165, 1.54) is 11.8 Å². The molecule has 3 heterocycles. The summed E-state index contributed by atoms with van der Waals surface area (Å²) in [6.45, 7) is 7.00. The number of aryl methyl sites for hydroxylation is 1. The zero-order chi connectivity index (χ0) is 24.9. The number of hydrogen-bond donors (Lipinski definition) is 1. The van der Waals surface area contributed by atoms with Crippen LogP contribution in [-0.2, 0) is 16.1 Å². The van der Waals surface area contributed by atoms with Gasteiger partial charge in [-0.1, -0.05) is 26.0 Å². The van der Waals surface area contributed by atoms with Crippen molar-refractivity contribution in [2.45, 2.75) is 39.7 Å². The van der Waals surface area contributed by atoms with E-state index in [9.17, 15) is 9.59 Å². The Morgan fingerprint density at radius 2 is 1.91 bits per heavy atom. The highest BCUT2D eigenvalue weighted by Gasteiger charge is 2.41. The third kappa shape index (κ3) is 3.75. The van der Waals surface area contributed by atoms with Gasteiger partial charge < -0.3 is 19.4 Å². The van der Waals surface area contributed by atoms with Crippen molar-refractivity contribution in [3.05, 3.63) is 65.0 Å². The first-order valence-electron chi connectivity index (χ1n) is 12.0. The molecule has 2 aromatic carbocycles. The molecule has 1 atom stereocenters. The summed E-state index contributed by atoms with van der Waals surface area (Å²) < 4.78 is 13.3. The maximum atomic E-state index is 13.6. The number of nitrogens with zero attached hydrogens (tertiary/aromatic N) is 2. The van der Waals surface area contributed by atoms with Crippen molar-refractivity contribution < 1.29 is 19.1 Å². The molecule has 7 heteroatoms. The van der Waals surface area contributed by atoms with E-state index < -0.39 is 0 Å². The van der Waals surface area contributed by atoms with Crippen molar-refractivity contribution >= 4 is 28.4 Å². The molecule has 2 aliphatic heterocycles. The van der Waals surface area contributed by atoms with Gasteiger partial charge >= 0.3 is 0 Å². The molecular formula is C28H31N3O4. The lowest BCUT2D eigenvalue weighted by Gasteiger charge is -2.20. The number of rotatable bonds is 6. The van der Waals surface area contributed by atoms with Gasteiger partial charge in [0, 0.05) is 42.4 Å². The molecule has 1 N–H and O–H groups in total. The zero-order valence-corrected chi connectivity index (χ0v) is 20.8. The Kier molecular flexibility index (Phi) is 5.79. The van der Waals surface area contributed by atoms with Crippen LogP contribution < -0.4 is 14.8 Å². The largest absolute Gasteiger partial charge is 0.493 e. The lowest BCUT2D eigenvalue weighted by atomic mass is 9.84. The van der Waals surface area contributed by atoms with Crippen molar-refractivity contribution in [3.8, 4) is 11.5 Å². The minimum atomic E-state index is -0.361. The number of benzene rings is 2. The Morgan fingerprint density at radius 1 is 1.14 bits per heavy atom. The molecule has 0 aliphatic carbocycles. The van der Waals surface area contributed by atoms with Gasteiger partial charge in [0.1, 0.15) is 0 Å². The maximum absolute atomic E-state index is 13.6. The van der Waals surface area contributed by atoms with E-state index in [0.29, 0.717) is 23.0 Å². The Balaban J connectivity index is 1.76. The van der Waals surface area contributed by atoms with Crippen LogP contribution in [0.25, 0.3) is 10.9 Å². The fourth-order valence-corrected chi connectivity index (χ4v) is 5.24. The number of ether oxygens (including phenoxy) is 2. The number of carbonyl (C=O) groups is 2. The normalized spacial score (nSPS) is 17.0. The monoisotopic (exact) mass is 473 g/mol. The van der Waals surface area contributed by atoms with E-state index in [2.05, 4.69) is 36.0 Å². The minimum absolute atomic E-state index is 0.237. The molecule has 0 saturated heterocycles. The predicted octanol–water partition coefficient (Wildman–Crippen LogP) is 4.90. The molecule has 0 saturated carbocycles. The molecule has 182 valence electrons. The van der Waals surface area contributed by atoms with Crippen LogP contribution in [0.1, 0.15) is 44.2 Å². The highest BCUT2D eigenvalue weighted by Crippen LogP contribution is 2.47. The van der Waals surface area contributed by atoms with Gasteiger partial charge in [-0.15, -0.1) is 0 Å².